The number of nitrogens with zero attached hydrogens (tertiary/aromatic N) is 3. The smallest absolute Gasteiger partial charge is 0.227 e. The second-order valence-electron chi connectivity index (χ2n) is 9.22. The molecule has 1 aromatic heterocycles. The van der Waals surface area contributed by atoms with Crippen LogP contribution in [-0.2, 0) is 0 Å². The summed E-state index contributed by atoms with van der Waals surface area (Å²) in [4.78, 5) is 13.8. The van der Waals surface area contributed by atoms with Crippen molar-refractivity contribution in [1.82, 2.24) is 15.0 Å². The molecule has 2 aliphatic rings. The first-order valence-corrected chi connectivity index (χ1v) is 11.4. The Morgan fingerprint density at radius 3 is 2.19 bits per heavy atom. The van der Waals surface area contributed by atoms with E-state index in [1.54, 1.807) is 0 Å². The Balaban J connectivity index is 1.68. The van der Waals surface area contributed by atoms with E-state index in [2.05, 4.69) is 29.1 Å². The highest BCUT2D eigenvalue weighted by Crippen LogP contribution is 2.30. The molecule has 3 unspecified atom stereocenters. The molecule has 0 bridgehead atoms. The predicted octanol–water partition coefficient (Wildman–Crippen LogP) is 5.69. The molecule has 2 saturated carbocycles. The highest BCUT2D eigenvalue weighted by atomic mass is 15.2. The van der Waals surface area contributed by atoms with Crippen LogP contribution in [0.5, 0.6) is 0 Å². The fourth-order valence-corrected chi connectivity index (χ4v) is 5.08. The molecule has 5 heteroatoms. The first-order valence-electron chi connectivity index (χ1n) is 11.4. The van der Waals surface area contributed by atoms with Gasteiger partial charge < -0.3 is 11.1 Å². The summed E-state index contributed by atoms with van der Waals surface area (Å²) in [5.74, 6) is 4.01. The highest BCUT2D eigenvalue weighted by Gasteiger charge is 2.22. The van der Waals surface area contributed by atoms with Crippen LogP contribution in [0.2, 0.25) is 0 Å². The van der Waals surface area contributed by atoms with Gasteiger partial charge in [-0.3, -0.25) is 0 Å². The average molecular weight is 374 g/mol. The number of aromatic nitrogens is 3. The van der Waals surface area contributed by atoms with Gasteiger partial charge in [0.15, 0.2) is 0 Å². The van der Waals surface area contributed by atoms with Crippen LogP contribution in [0.15, 0.2) is 0 Å². The molecule has 152 valence electrons. The molecule has 0 amide bonds. The molecule has 0 aromatic carbocycles. The molecule has 1 aromatic rings. The van der Waals surface area contributed by atoms with Crippen LogP contribution in [0.3, 0.4) is 0 Å². The molecule has 0 saturated heterocycles. The molecule has 5 nitrogen and oxygen atoms in total. The van der Waals surface area contributed by atoms with Crippen LogP contribution in [0.25, 0.3) is 0 Å². The van der Waals surface area contributed by atoms with Crippen LogP contribution in [0.4, 0.5) is 11.9 Å². The lowest BCUT2D eigenvalue weighted by molar-refractivity contribution is 0.315. The lowest BCUT2D eigenvalue weighted by Crippen LogP contribution is -2.27. The number of hydrogen-bond donors (Lipinski definition) is 2. The number of nitrogen functional groups attached to an aromatic ring is 1. The summed E-state index contributed by atoms with van der Waals surface area (Å²) in [6.07, 6.45) is 16.6. The molecule has 2 fully saturated rings. The van der Waals surface area contributed by atoms with Crippen molar-refractivity contribution in [2.75, 3.05) is 11.1 Å². The Bertz CT molecular complexity index is 566. The van der Waals surface area contributed by atoms with Crippen LogP contribution in [0, 0.1) is 11.8 Å². The summed E-state index contributed by atoms with van der Waals surface area (Å²) in [7, 11) is 0. The van der Waals surface area contributed by atoms with Gasteiger partial charge in [0.25, 0.3) is 0 Å². The van der Waals surface area contributed by atoms with Crippen LogP contribution >= 0.6 is 0 Å². The van der Waals surface area contributed by atoms with Crippen LogP contribution in [-0.4, -0.2) is 21.0 Å². The van der Waals surface area contributed by atoms with Crippen LogP contribution < -0.4 is 11.1 Å². The van der Waals surface area contributed by atoms with E-state index in [0.717, 1.165) is 17.7 Å². The zero-order valence-corrected chi connectivity index (χ0v) is 17.4. The summed E-state index contributed by atoms with van der Waals surface area (Å²) >= 11 is 0. The number of nitrogens with two attached hydrogens (primary N) is 1. The van der Waals surface area contributed by atoms with E-state index in [-0.39, 0.29) is 0 Å². The van der Waals surface area contributed by atoms with Gasteiger partial charge in [0, 0.05) is 12.0 Å². The van der Waals surface area contributed by atoms with E-state index < -0.39 is 0 Å². The van der Waals surface area contributed by atoms with Gasteiger partial charge in [-0.1, -0.05) is 65.2 Å². The van der Waals surface area contributed by atoms with Crippen molar-refractivity contribution in [2.45, 2.75) is 109 Å². The monoisotopic (exact) mass is 373 g/mol. The molecule has 27 heavy (non-hydrogen) atoms. The van der Waals surface area contributed by atoms with Crippen molar-refractivity contribution in [3.05, 3.63) is 5.82 Å². The highest BCUT2D eigenvalue weighted by molar-refractivity contribution is 5.33. The van der Waals surface area contributed by atoms with Gasteiger partial charge in [-0.2, -0.15) is 15.0 Å². The van der Waals surface area contributed by atoms with E-state index in [9.17, 15) is 0 Å². The van der Waals surface area contributed by atoms with Crippen molar-refractivity contribution >= 4 is 11.9 Å². The van der Waals surface area contributed by atoms with Gasteiger partial charge in [0.1, 0.15) is 5.82 Å². The van der Waals surface area contributed by atoms with Crippen molar-refractivity contribution in [2.24, 2.45) is 11.8 Å². The Kier molecular flexibility index (Phi) is 7.71. The third-order valence-electron chi connectivity index (χ3n) is 6.46. The van der Waals surface area contributed by atoms with Gasteiger partial charge in [-0.15, -0.1) is 0 Å². The summed E-state index contributed by atoms with van der Waals surface area (Å²) in [5, 5.41) is 3.61. The Morgan fingerprint density at radius 1 is 0.741 bits per heavy atom. The van der Waals surface area contributed by atoms with E-state index in [1.807, 2.05) is 0 Å². The Morgan fingerprint density at radius 2 is 1.44 bits per heavy atom. The molecule has 0 aliphatic heterocycles. The Hall–Kier alpha value is -1.39. The van der Waals surface area contributed by atoms with Gasteiger partial charge in [0.05, 0.1) is 0 Å². The average Bonchev–Trinajstić information content (AvgIpc) is 2.73. The van der Waals surface area contributed by atoms with Gasteiger partial charge >= 0.3 is 0 Å². The van der Waals surface area contributed by atoms with Gasteiger partial charge in [-0.05, 0) is 43.9 Å². The molecular formula is C22H39N5. The normalized spacial score (nSPS) is 29.0. The maximum atomic E-state index is 6.07. The van der Waals surface area contributed by atoms with E-state index in [0.29, 0.717) is 23.9 Å². The molecule has 3 rings (SSSR count). The summed E-state index contributed by atoms with van der Waals surface area (Å²) in [6, 6.07) is 0.447. The SMILES string of the molecule is CC1CCCC(Nc2nc(N)nc(C3CCCCCCCC3)n2)CC(C)C1. The minimum Gasteiger partial charge on any atom is -0.368 e. The molecule has 2 aliphatic carbocycles. The lowest BCUT2D eigenvalue weighted by atomic mass is 9.84. The van der Waals surface area contributed by atoms with Crippen molar-refractivity contribution in [3.8, 4) is 0 Å². The van der Waals surface area contributed by atoms with Crippen molar-refractivity contribution in [1.29, 1.82) is 0 Å². The fourth-order valence-electron chi connectivity index (χ4n) is 5.08. The summed E-state index contributed by atoms with van der Waals surface area (Å²) in [6.45, 7) is 4.77. The third-order valence-corrected chi connectivity index (χ3v) is 6.46. The zero-order valence-electron chi connectivity index (χ0n) is 17.4. The first-order chi connectivity index (χ1) is 13.1. The van der Waals surface area contributed by atoms with E-state index in [1.165, 1.54) is 83.5 Å². The second-order valence-corrected chi connectivity index (χ2v) is 9.22. The Labute approximate surface area is 165 Å². The van der Waals surface area contributed by atoms with Crippen molar-refractivity contribution < 1.29 is 0 Å². The quantitative estimate of drug-likeness (QED) is 0.712. The first kappa shape index (κ1) is 20.3. The molecule has 3 N–H and O–H groups in total. The largest absolute Gasteiger partial charge is 0.368 e. The van der Waals surface area contributed by atoms with Gasteiger partial charge in [-0.25, -0.2) is 0 Å². The van der Waals surface area contributed by atoms with E-state index >= 15 is 0 Å². The second kappa shape index (κ2) is 10.2. The maximum Gasteiger partial charge on any atom is 0.227 e. The zero-order chi connectivity index (χ0) is 19.1. The summed E-state index contributed by atoms with van der Waals surface area (Å²) in [5.41, 5.74) is 6.07. The summed E-state index contributed by atoms with van der Waals surface area (Å²) < 4.78 is 0. The molecule has 3 atom stereocenters. The number of nitrogens with one attached hydrogen (secondary N) is 1. The predicted molar refractivity (Wildman–Crippen MR) is 113 cm³/mol. The maximum absolute atomic E-state index is 6.07. The van der Waals surface area contributed by atoms with Crippen LogP contribution in [0.1, 0.15) is 109 Å². The van der Waals surface area contributed by atoms with Gasteiger partial charge in [0.2, 0.25) is 11.9 Å². The number of hydrogen-bond acceptors (Lipinski definition) is 5. The minimum absolute atomic E-state index is 0.370. The molecule has 0 spiro atoms. The fraction of sp³-hybridized carbons (Fsp3) is 0.864. The standard InChI is InChI=1S/C22H39N5/c1-16-10-9-13-19(15-17(2)14-16)24-22-26-20(25-21(23)27-22)18-11-7-5-3-4-6-8-12-18/h16-19H,3-15H2,1-2H3,(H3,23,24,25,26,27). The van der Waals surface area contributed by atoms with E-state index in [4.69, 9.17) is 10.7 Å². The topological polar surface area (TPSA) is 76.7 Å². The lowest BCUT2D eigenvalue weighted by Gasteiger charge is -2.28. The molecule has 0 radical (unpaired) electrons. The molecule has 1 heterocycles. The number of anilines is 2. The minimum atomic E-state index is 0.370. The molecular weight excluding hydrogens is 334 g/mol. The third kappa shape index (κ3) is 6.62. The number of rotatable bonds is 3. The van der Waals surface area contributed by atoms with Crippen molar-refractivity contribution in [3.63, 3.8) is 0 Å².